The largest absolute Gasteiger partial charge is 0.497 e. The second-order valence-corrected chi connectivity index (χ2v) is 9.76. The van der Waals surface area contributed by atoms with Gasteiger partial charge in [-0.3, -0.25) is 0 Å². The zero-order valence-corrected chi connectivity index (χ0v) is 17.8. The normalized spacial score (nSPS) is 22.0. The molecule has 10 heteroatoms. The van der Waals surface area contributed by atoms with Gasteiger partial charge in [0, 0.05) is 38.8 Å². The fourth-order valence-corrected chi connectivity index (χ4v) is 6.15. The highest BCUT2D eigenvalue weighted by Crippen LogP contribution is 2.37. The molecule has 2 atom stereocenters. The van der Waals surface area contributed by atoms with E-state index < -0.39 is 10.0 Å². The molecule has 5 rings (SSSR count). The molecule has 2 aromatic heterocycles. The standard InChI is InChI=1S/C20H24N6O3S/c1-3-24-13-23-18-19(24)21-12-22-20(18)25-8-14-10-26(11-15(14)9-25)30(27,28)17-6-4-5-16(7-17)29-2/h4-7,12-15H,3,8-11H2,1-2H3. The van der Waals surface area contributed by atoms with Gasteiger partial charge in [-0.1, -0.05) is 6.07 Å². The van der Waals surface area contributed by atoms with E-state index in [0.717, 1.165) is 36.6 Å². The molecule has 2 aliphatic rings. The summed E-state index contributed by atoms with van der Waals surface area (Å²) in [6.45, 7) is 5.41. The molecule has 0 N–H and O–H groups in total. The second-order valence-electron chi connectivity index (χ2n) is 7.83. The molecule has 0 aliphatic carbocycles. The molecule has 2 saturated heterocycles. The van der Waals surface area contributed by atoms with Crippen LogP contribution in [0, 0.1) is 11.8 Å². The van der Waals surface area contributed by atoms with E-state index in [-0.39, 0.29) is 16.7 Å². The van der Waals surface area contributed by atoms with Crippen molar-refractivity contribution in [2.45, 2.75) is 18.4 Å². The van der Waals surface area contributed by atoms with Gasteiger partial charge in [0.05, 0.1) is 18.3 Å². The molecule has 2 unspecified atom stereocenters. The van der Waals surface area contributed by atoms with Gasteiger partial charge in [-0.25, -0.2) is 23.4 Å². The summed E-state index contributed by atoms with van der Waals surface area (Å²) < 4.78 is 35.0. The molecule has 0 spiro atoms. The first-order valence-corrected chi connectivity index (χ1v) is 11.5. The van der Waals surface area contributed by atoms with Crippen LogP contribution in [0.5, 0.6) is 5.75 Å². The highest BCUT2D eigenvalue weighted by atomic mass is 32.2. The van der Waals surface area contributed by atoms with Crippen LogP contribution in [-0.2, 0) is 16.6 Å². The Morgan fingerprint density at radius 2 is 1.87 bits per heavy atom. The van der Waals surface area contributed by atoms with Crippen molar-refractivity contribution in [1.29, 1.82) is 0 Å². The molecule has 0 bridgehead atoms. The van der Waals surface area contributed by atoms with Crippen LogP contribution in [0.1, 0.15) is 6.92 Å². The van der Waals surface area contributed by atoms with Crippen LogP contribution in [0.2, 0.25) is 0 Å². The van der Waals surface area contributed by atoms with Crippen molar-refractivity contribution in [2.24, 2.45) is 11.8 Å². The first-order valence-electron chi connectivity index (χ1n) is 10.1. The van der Waals surface area contributed by atoms with E-state index in [1.54, 1.807) is 41.2 Å². The quantitative estimate of drug-likeness (QED) is 0.609. The van der Waals surface area contributed by atoms with Crippen molar-refractivity contribution >= 4 is 27.0 Å². The first-order chi connectivity index (χ1) is 14.5. The average molecular weight is 429 g/mol. The average Bonchev–Trinajstić information content (AvgIpc) is 3.46. The highest BCUT2D eigenvalue weighted by molar-refractivity contribution is 7.89. The summed E-state index contributed by atoms with van der Waals surface area (Å²) in [5.41, 5.74) is 1.64. The van der Waals surface area contributed by atoms with Crippen LogP contribution in [0.15, 0.2) is 41.8 Å². The minimum Gasteiger partial charge on any atom is -0.497 e. The first kappa shape index (κ1) is 19.3. The molecule has 1 aromatic carbocycles. The molecule has 3 aromatic rings. The zero-order chi connectivity index (χ0) is 20.9. The van der Waals surface area contributed by atoms with Crippen LogP contribution in [0.3, 0.4) is 0 Å². The predicted octanol–water partition coefficient (Wildman–Crippen LogP) is 1.61. The van der Waals surface area contributed by atoms with E-state index in [9.17, 15) is 8.42 Å². The number of nitrogens with zero attached hydrogens (tertiary/aromatic N) is 6. The molecular weight excluding hydrogens is 404 g/mol. The fraction of sp³-hybridized carbons (Fsp3) is 0.450. The van der Waals surface area contributed by atoms with Gasteiger partial charge in [0.2, 0.25) is 10.0 Å². The lowest BCUT2D eigenvalue weighted by molar-refractivity contribution is 0.412. The van der Waals surface area contributed by atoms with Crippen molar-refractivity contribution in [3.8, 4) is 5.75 Å². The number of fused-ring (bicyclic) bond motifs is 2. The molecule has 9 nitrogen and oxygen atoms in total. The maximum atomic E-state index is 13.1. The van der Waals surface area contributed by atoms with Gasteiger partial charge >= 0.3 is 0 Å². The zero-order valence-electron chi connectivity index (χ0n) is 17.0. The fourth-order valence-electron chi connectivity index (χ4n) is 4.56. The van der Waals surface area contributed by atoms with Crippen LogP contribution in [0.25, 0.3) is 11.2 Å². The topological polar surface area (TPSA) is 93.5 Å². The summed E-state index contributed by atoms with van der Waals surface area (Å²) in [6.07, 6.45) is 3.38. The number of rotatable bonds is 5. The van der Waals surface area contributed by atoms with Gasteiger partial charge in [-0.2, -0.15) is 4.31 Å². The Balaban J connectivity index is 1.35. The number of hydrogen-bond donors (Lipinski definition) is 0. The van der Waals surface area contributed by atoms with Gasteiger partial charge in [-0.05, 0) is 30.9 Å². The van der Waals surface area contributed by atoms with Crippen LogP contribution in [-0.4, -0.2) is 65.5 Å². The molecule has 0 amide bonds. The van der Waals surface area contributed by atoms with E-state index in [0.29, 0.717) is 18.8 Å². The van der Waals surface area contributed by atoms with Crippen LogP contribution < -0.4 is 9.64 Å². The number of ether oxygens (including phenoxy) is 1. The van der Waals surface area contributed by atoms with Crippen molar-refractivity contribution < 1.29 is 13.2 Å². The smallest absolute Gasteiger partial charge is 0.243 e. The van der Waals surface area contributed by atoms with E-state index in [2.05, 4.69) is 26.8 Å². The number of anilines is 1. The number of benzene rings is 1. The van der Waals surface area contributed by atoms with E-state index in [1.807, 2.05) is 4.57 Å². The SMILES string of the molecule is CCn1cnc2c(N3CC4CN(S(=O)(=O)c5cccc(OC)c5)CC4C3)ncnc21. The van der Waals surface area contributed by atoms with Crippen molar-refractivity contribution in [3.63, 3.8) is 0 Å². The molecule has 0 radical (unpaired) electrons. The molecule has 0 saturated carbocycles. The molecule has 30 heavy (non-hydrogen) atoms. The van der Waals surface area contributed by atoms with Crippen LogP contribution >= 0.6 is 0 Å². The summed E-state index contributed by atoms with van der Waals surface area (Å²) >= 11 is 0. The lowest BCUT2D eigenvalue weighted by Crippen LogP contribution is -2.33. The van der Waals surface area contributed by atoms with Gasteiger partial charge < -0.3 is 14.2 Å². The summed E-state index contributed by atoms with van der Waals surface area (Å²) in [4.78, 5) is 15.9. The van der Waals surface area contributed by atoms with Crippen molar-refractivity contribution in [3.05, 3.63) is 36.9 Å². The van der Waals surface area contributed by atoms with Gasteiger partial charge in [0.1, 0.15) is 12.1 Å². The molecule has 2 fully saturated rings. The summed E-state index contributed by atoms with van der Waals surface area (Å²) in [5.74, 6) is 1.91. The maximum absolute atomic E-state index is 13.1. The molecule has 2 aliphatic heterocycles. The Bertz CT molecular complexity index is 1180. The number of aromatic nitrogens is 4. The van der Waals surface area contributed by atoms with Gasteiger partial charge in [0.15, 0.2) is 17.0 Å². The molecular formula is C20H24N6O3S. The number of sulfonamides is 1. The van der Waals surface area contributed by atoms with Crippen molar-refractivity contribution in [2.75, 3.05) is 38.2 Å². The van der Waals surface area contributed by atoms with Gasteiger partial charge in [-0.15, -0.1) is 0 Å². The van der Waals surface area contributed by atoms with E-state index >= 15 is 0 Å². The number of methoxy groups -OCH3 is 1. The summed E-state index contributed by atoms with van der Waals surface area (Å²) in [7, 11) is -2.00. The minimum atomic E-state index is -3.54. The highest BCUT2D eigenvalue weighted by Gasteiger charge is 2.45. The van der Waals surface area contributed by atoms with Crippen molar-refractivity contribution in [1.82, 2.24) is 23.8 Å². The maximum Gasteiger partial charge on any atom is 0.243 e. The Labute approximate surface area is 175 Å². The Morgan fingerprint density at radius 3 is 2.57 bits per heavy atom. The molecule has 4 heterocycles. The lowest BCUT2D eigenvalue weighted by atomic mass is 10.0. The third kappa shape index (κ3) is 3.02. The Morgan fingerprint density at radius 1 is 1.10 bits per heavy atom. The Kier molecular flexibility index (Phi) is 4.62. The monoisotopic (exact) mass is 428 g/mol. The van der Waals surface area contributed by atoms with E-state index in [4.69, 9.17) is 4.74 Å². The number of imidazole rings is 1. The van der Waals surface area contributed by atoms with E-state index in [1.165, 1.54) is 7.11 Å². The third-order valence-corrected chi connectivity index (χ3v) is 7.98. The Hall–Kier alpha value is -2.72. The lowest BCUT2D eigenvalue weighted by Gasteiger charge is -2.22. The number of aryl methyl sites for hydroxylation is 1. The third-order valence-electron chi connectivity index (χ3n) is 6.15. The summed E-state index contributed by atoms with van der Waals surface area (Å²) in [5, 5.41) is 0. The predicted molar refractivity (Wildman–Crippen MR) is 112 cm³/mol. The number of hydrogen-bond acceptors (Lipinski definition) is 7. The van der Waals surface area contributed by atoms with Crippen LogP contribution in [0.4, 0.5) is 5.82 Å². The minimum absolute atomic E-state index is 0.267. The van der Waals surface area contributed by atoms with Gasteiger partial charge in [0.25, 0.3) is 0 Å². The molecule has 158 valence electrons. The second kappa shape index (κ2) is 7.21. The summed E-state index contributed by atoms with van der Waals surface area (Å²) in [6, 6.07) is 6.66.